The fourth-order valence-corrected chi connectivity index (χ4v) is 3.38. The zero-order valence-corrected chi connectivity index (χ0v) is 17.6. The second kappa shape index (κ2) is 10.4. The number of phenols is 1. The van der Waals surface area contributed by atoms with E-state index in [9.17, 15) is 5.11 Å². The number of benzene rings is 2. The van der Waals surface area contributed by atoms with Gasteiger partial charge in [-0.2, -0.15) is 0 Å². The standard InChI is InChI=1S/C21H27N3O.HI/c1-2-22-21(23-13-11-17-7-6-10-20(25)15-17)24-14-12-19(16-24)18-8-4-3-5-9-18;/h3-10,15,19,25H,2,11-14,16H2,1H3,(H,22,23);1H. The number of likely N-dealkylation sites (tertiary alicyclic amines) is 1. The molecule has 1 atom stereocenters. The number of hydrogen-bond acceptors (Lipinski definition) is 2. The van der Waals surface area contributed by atoms with Crippen LogP contribution in [0.15, 0.2) is 59.6 Å². The van der Waals surface area contributed by atoms with Crippen molar-refractivity contribution in [3.8, 4) is 5.75 Å². The second-order valence-electron chi connectivity index (χ2n) is 6.50. The highest BCUT2D eigenvalue weighted by Gasteiger charge is 2.25. The molecule has 4 nitrogen and oxygen atoms in total. The fourth-order valence-electron chi connectivity index (χ4n) is 3.38. The maximum absolute atomic E-state index is 9.56. The third kappa shape index (κ3) is 5.62. The quantitative estimate of drug-likeness (QED) is 0.399. The average Bonchev–Trinajstić information content (AvgIpc) is 3.12. The Kier molecular flexibility index (Phi) is 8.22. The van der Waals surface area contributed by atoms with Crippen molar-refractivity contribution in [3.63, 3.8) is 0 Å². The first-order valence-corrected chi connectivity index (χ1v) is 9.12. The van der Waals surface area contributed by atoms with Gasteiger partial charge in [-0.15, -0.1) is 24.0 Å². The molecule has 3 rings (SSSR count). The molecule has 140 valence electrons. The van der Waals surface area contributed by atoms with E-state index in [0.717, 1.165) is 44.1 Å². The van der Waals surface area contributed by atoms with Gasteiger partial charge in [-0.25, -0.2) is 0 Å². The maximum atomic E-state index is 9.56. The zero-order chi connectivity index (χ0) is 17.5. The third-order valence-electron chi connectivity index (χ3n) is 4.67. The molecule has 0 aliphatic carbocycles. The van der Waals surface area contributed by atoms with Gasteiger partial charge >= 0.3 is 0 Å². The van der Waals surface area contributed by atoms with Crippen molar-refractivity contribution in [2.24, 2.45) is 4.99 Å². The summed E-state index contributed by atoms with van der Waals surface area (Å²) >= 11 is 0. The van der Waals surface area contributed by atoms with Gasteiger partial charge in [0.25, 0.3) is 0 Å². The Morgan fingerprint density at radius 2 is 2.00 bits per heavy atom. The van der Waals surface area contributed by atoms with Gasteiger partial charge in [0.05, 0.1) is 0 Å². The number of nitrogens with zero attached hydrogens (tertiary/aromatic N) is 2. The lowest BCUT2D eigenvalue weighted by Gasteiger charge is -2.21. The zero-order valence-electron chi connectivity index (χ0n) is 15.3. The molecule has 1 aliphatic heterocycles. The molecule has 1 heterocycles. The van der Waals surface area contributed by atoms with Crippen LogP contribution in [-0.2, 0) is 6.42 Å². The first kappa shape index (κ1) is 20.6. The van der Waals surface area contributed by atoms with Crippen LogP contribution in [0.4, 0.5) is 0 Å². The molecular formula is C21H28IN3O. The smallest absolute Gasteiger partial charge is 0.193 e. The number of aromatic hydroxyl groups is 1. The number of aliphatic imine (C=N–C) groups is 1. The number of phenolic OH excluding ortho intramolecular Hbond substituents is 1. The van der Waals surface area contributed by atoms with Crippen molar-refractivity contribution >= 4 is 29.9 Å². The van der Waals surface area contributed by atoms with Crippen LogP contribution in [0.25, 0.3) is 0 Å². The van der Waals surface area contributed by atoms with E-state index in [2.05, 4.69) is 47.5 Å². The Hall–Kier alpha value is -1.76. The Morgan fingerprint density at radius 1 is 1.19 bits per heavy atom. The van der Waals surface area contributed by atoms with Crippen LogP contribution in [0, 0.1) is 0 Å². The van der Waals surface area contributed by atoms with Gasteiger partial charge < -0.3 is 15.3 Å². The molecule has 1 fully saturated rings. The summed E-state index contributed by atoms with van der Waals surface area (Å²) in [5.41, 5.74) is 2.53. The van der Waals surface area contributed by atoms with E-state index in [0.29, 0.717) is 11.7 Å². The van der Waals surface area contributed by atoms with Crippen molar-refractivity contribution in [1.82, 2.24) is 10.2 Å². The Morgan fingerprint density at radius 3 is 2.73 bits per heavy atom. The number of halogens is 1. The first-order chi connectivity index (χ1) is 12.3. The summed E-state index contributed by atoms with van der Waals surface area (Å²) in [6.45, 7) is 5.75. The van der Waals surface area contributed by atoms with Crippen LogP contribution >= 0.6 is 24.0 Å². The molecule has 2 N–H and O–H groups in total. The Labute approximate surface area is 173 Å². The summed E-state index contributed by atoms with van der Waals surface area (Å²) in [5.74, 6) is 1.90. The maximum Gasteiger partial charge on any atom is 0.193 e. The van der Waals surface area contributed by atoms with Crippen LogP contribution in [0.3, 0.4) is 0 Å². The van der Waals surface area contributed by atoms with Gasteiger partial charge in [0.1, 0.15) is 5.75 Å². The summed E-state index contributed by atoms with van der Waals surface area (Å²) in [7, 11) is 0. The second-order valence-corrected chi connectivity index (χ2v) is 6.50. The molecule has 0 amide bonds. The van der Waals surface area contributed by atoms with Crippen molar-refractivity contribution in [3.05, 3.63) is 65.7 Å². The molecule has 0 radical (unpaired) electrons. The molecule has 2 aromatic carbocycles. The van der Waals surface area contributed by atoms with Crippen LogP contribution < -0.4 is 5.32 Å². The number of hydrogen-bond donors (Lipinski definition) is 2. The van der Waals surface area contributed by atoms with Crippen molar-refractivity contribution in [1.29, 1.82) is 0 Å². The molecule has 1 aliphatic rings. The van der Waals surface area contributed by atoms with E-state index < -0.39 is 0 Å². The lowest BCUT2D eigenvalue weighted by molar-refractivity contribution is 0.474. The molecular weight excluding hydrogens is 437 g/mol. The van der Waals surface area contributed by atoms with Crippen LogP contribution in [0.2, 0.25) is 0 Å². The van der Waals surface area contributed by atoms with Crippen LogP contribution in [0.1, 0.15) is 30.4 Å². The number of nitrogens with one attached hydrogen (secondary N) is 1. The molecule has 0 aromatic heterocycles. The van der Waals surface area contributed by atoms with Crippen LogP contribution in [0.5, 0.6) is 5.75 Å². The summed E-state index contributed by atoms with van der Waals surface area (Å²) in [4.78, 5) is 7.16. The van der Waals surface area contributed by atoms with Crippen molar-refractivity contribution in [2.75, 3.05) is 26.2 Å². The summed E-state index contributed by atoms with van der Waals surface area (Å²) in [5, 5.41) is 13.0. The van der Waals surface area contributed by atoms with E-state index in [1.807, 2.05) is 18.2 Å². The highest BCUT2D eigenvalue weighted by Crippen LogP contribution is 2.26. The monoisotopic (exact) mass is 465 g/mol. The van der Waals surface area contributed by atoms with E-state index in [1.54, 1.807) is 6.07 Å². The topological polar surface area (TPSA) is 47.9 Å². The van der Waals surface area contributed by atoms with Crippen molar-refractivity contribution < 1.29 is 5.11 Å². The van der Waals surface area contributed by atoms with Gasteiger partial charge in [0, 0.05) is 32.1 Å². The van der Waals surface area contributed by atoms with E-state index in [4.69, 9.17) is 4.99 Å². The van der Waals surface area contributed by atoms with E-state index in [-0.39, 0.29) is 24.0 Å². The summed E-state index contributed by atoms with van der Waals surface area (Å²) in [6, 6.07) is 18.2. The van der Waals surface area contributed by atoms with Gasteiger partial charge in [-0.05, 0) is 43.0 Å². The van der Waals surface area contributed by atoms with Gasteiger partial charge in [-0.1, -0.05) is 42.5 Å². The third-order valence-corrected chi connectivity index (χ3v) is 4.67. The summed E-state index contributed by atoms with van der Waals surface area (Å²) < 4.78 is 0. The van der Waals surface area contributed by atoms with E-state index >= 15 is 0 Å². The molecule has 0 spiro atoms. The minimum atomic E-state index is 0. The molecule has 0 bridgehead atoms. The predicted molar refractivity (Wildman–Crippen MR) is 119 cm³/mol. The molecule has 5 heteroatoms. The van der Waals surface area contributed by atoms with Gasteiger partial charge in [0.15, 0.2) is 5.96 Å². The van der Waals surface area contributed by atoms with Gasteiger partial charge in [0.2, 0.25) is 0 Å². The molecule has 2 aromatic rings. The fraction of sp³-hybridized carbons (Fsp3) is 0.381. The van der Waals surface area contributed by atoms with E-state index in [1.165, 1.54) is 12.0 Å². The van der Waals surface area contributed by atoms with Gasteiger partial charge in [-0.3, -0.25) is 4.99 Å². The number of rotatable bonds is 5. The molecule has 1 saturated heterocycles. The minimum Gasteiger partial charge on any atom is -0.508 e. The first-order valence-electron chi connectivity index (χ1n) is 9.12. The van der Waals surface area contributed by atoms with Crippen LogP contribution in [-0.4, -0.2) is 42.1 Å². The summed E-state index contributed by atoms with van der Waals surface area (Å²) in [6.07, 6.45) is 2.00. The lowest BCUT2D eigenvalue weighted by atomic mass is 9.99. The highest BCUT2D eigenvalue weighted by atomic mass is 127. The average molecular weight is 465 g/mol. The Bertz CT molecular complexity index is 705. The SMILES string of the molecule is CCNC(=NCCc1cccc(O)c1)N1CCC(c2ccccc2)C1.I. The molecule has 1 unspecified atom stereocenters. The predicted octanol–water partition coefficient (Wildman–Crippen LogP) is 4.01. The normalized spacial score (nSPS) is 17.0. The molecule has 26 heavy (non-hydrogen) atoms. The highest BCUT2D eigenvalue weighted by molar-refractivity contribution is 14.0. The number of guanidine groups is 1. The molecule has 0 saturated carbocycles. The lowest BCUT2D eigenvalue weighted by Crippen LogP contribution is -2.40. The minimum absolute atomic E-state index is 0. The largest absolute Gasteiger partial charge is 0.508 e. The Balaban J connectivity index is 0.00000243. The van der Waals surface area contributed by atoms with Crippen molar-refractivity contribution in [2.45, 2.75) is 25.7 Å².